The molecule has 0 aliphatic carbocycles. The monoisotopic (exact) mass is 533 g/mol. The fourth-order valence-corrected chi connectivity index (χ4v) is 5.44. The molecule has 3 aliphatic heterocycles. The highest BCUT2D eigenvalue weighted by molar-refractivity contribution is 6.56. The lowest BCUT2D eigenvalue weighted by molar-refractivity contribution is -0.145. The van der Waals surface area contributed by atoms with E-state index >= 15 is 0 Å². The van der Waals surface area contributed by atoms with E-state index in [1.54, 1.807) is 18.2 Å². The molecule has 5 rings (SSSR count). The van der Waals surface area contributed by atoms with E-state index in [9.17, 15) is 19.2 Å². The van der Waals surface area contributed by atoms with Crippen LogP contribution in [0, 0.1) is 0 Å². The summed E-state index contributed by atoms with van der Waals surface area (Å²) >= 11 is 0. The number of nitrogens with one attached hydrogen (secondary N) is 1. The van der Waals surface area contributed by atoms with E-state index in [0.717, 1.165) is 0 Å². The molecule has 2 aromatic carbocycles. The summed E-state index contributed by atoms with van der Waals surface area (Å²) in [7, 11) is 44.5. The molecular weight excluding hydrogens is 514 g/mol. The van der Waals surface area contributed by atoms with E-state index in [1.807, 2.05) is 0 Å². The number of hydrogen-bond donors (Lipinski definition) is 1. The highest BCUT2D eigenvalue weighted by Gasteiger charge is 2.41. The molecule has 0 aromatic heterocycles. The molecule has 14 radical (unpaired) electrons. The SMILES string of the molecule is [B]c1cc(C([B])([B])Oc2cccc3c2CN(C2CCC(=O)NC2=O)C3=O)c([B])c([B])c1C([B])([B])N1CCOCC1=O. The quantitative estimate of drug-likeness (QED) is 0.298. The number of benzene rings is 2. The molecule has 9 nitrogen and oxygen atoms in total. The van der Waals surface area contributed by atoms with Gasteiger partial charge in [-0.3, -0.25) is 24.5 Å². The molecule has 4 amide bonds. The van der Waals surface area contributed by atoms with Crippen LogP contribution in [0.5, 0.6) is 5.75 Å². The Bertz CT molecular complexity index is 1480. The van der Waals surface area contributed by atoms with Crippen LogP contribution in [0.1, 0.15) is 39.9 Å². The first kappa shape index (κ1) is 29.2. The Labute approximate surface area is 246 Å². The normalized spacial score (nSPS) is 19.8. The molecule has 3 aliphatic rings. The van der Waals surface area contributed by atoms with Gasteiger partial charge in [0.25, 0.3) is 5.91 Å². The molecule has 0 bridgehead atoms. The lowest BCUT2D eigenvalue weighted by Gasteiger charge is -2.45. The zero-order valence-corrected chi connectivity index (χ0v) is 22.0. The van der Waals surface area contributed by atoms with Crippen molar-refractivity contribution in [2.45, 2.75) is 36.2 Å². The maximum atomic E-state index is 13.2. The van der Waals surface area contributed by atoms with Crippen LogP contribution in [0.15, 0.2) is 24.3 Å². The van der Waals surface area contributed by atoms with Crippen LogP contribution in [-0.4, -0.2) is 114 Å². The Balaban J connectivity index is 1.45. The number of morpholine rings is 1. The second kappa shape index (κ2) is 10.5. The van der Waals surface area contributed by atoms with Gasteiger partial charge in [0, 0.05) is 29.5 Å². The first-order valence-corrected chi connectivity index (χ1v) is 12.7. The summed E-state index contributed by atoms with van der Waals surface area (Å²) in [5, 5.41) is -1.78. The molecule has 1 atom stereocenters. The summed E-state index contributed by atoms with van der Waals surface area (Å²) in [6.45, 7) is 0.113. The molecule has 2 aromatic rings. The van der Waals surface area contributed by atoms with Gasteiger partial charge in [0.2, 0.25) is 17.7 Å². The highest BCUT2D eigenvalue weighted by atomic mass is 16.5. The third-order valence-electron chi connectivity index (χ3n) is 7.51. The summed E-state index contributed by atoms with van der Waals surface area (Å²) in [5.41, 5.74) is 0.390. The fourth-order valence-electron chi connectivity index (χ4n) is 5.44. The Morgan fingerprint density at radius 1 is 1.02 bits per heavy atom. The Kier molecular flexibility index (Phi) is 7.51. The maximum absolute atomic E-state index is 13.2. The Morgan fingerprint density at radius 2 is 1.76 bits per heavy atom. The number of imide groups is 1. The van der Waals surface area contributed by atoms with Crippen molar-refractivity contribution in [3.8, 4) is 5.75 Å². The Morgan fingerprint density at radius 3 is 2.44 bits per heavy atom. The molecule has 3 heterocycles. The molecule has 190 valence electrons. The summed E-state index contributed by atoms with van der Waals surface area (Å²) in [5.74, 6) is -1.66. The van der Waals surface area contributed by atoms with Crippen molar-refractivity contribution >= 4 is 94.9 Å². The molecule has 2 saturated heterocycles. The molecule has 1 N–H and O–H groups in total. The second-order valence-corrected chi connectivity index (χ2v) is 10.2. The van der Waals surface area contributed by atoms with Gasteiger partial charge in [-0.25, -0.2) is 0 Å². The van der Waals surface area contributed by atoms with Gasteiger partial charge in [0.1, 0.15) is 57.6 Å². The number of nitrogens with zero attached hydrogens (tertiary/aromatic N) is 2. The fraction of sp³-hybridized carbons (Fsp3) is 0.360. The number of carbonyl (C=O) groups is 4. The average Bonchev–Trinajstić information content (AvgIpc) is 3.23. The first-order chi connectivity index (χ1) is 19.2. The van der Waals surface area contributed by atoms with Gasteiger partial charge in [0.15, 0.2) is 0 Å². The van der Waals surface area contributed by atoms with E-state index in [-0.39, 0.29) is 78.0 Å². The zero-order valence-electron chi connectivity index (χ0n) is 22.0. The predicted octanol–water partition coefficient (Wildman–Crippen LogP) is -4.34. The number of ether oxygens (including phenoxy) is 2. The van der Waals surface area contributed by atoms with Gasteiger partial charge < -0.3 is 19.3 Å². The van der Waals surface area contributed by atoms with Crippen LogP contribution in [0.3, 0.4) is 0 Å². The van der Waals surface area contributed by atoms with Crippen molar-refractivity contribution < 1.29 is 28.7 Å². The smallest absolute Gasteiger partial charge is 0.255 e. The maximum Gasteiger partial charge on any atom is 0.255 e. The zero-order chi connectivity index (χ0) is 29.9. The lowest BCUT2D eigenvalue weighted by atomic mass is 9.49. The minimum Gasteiger partial charge on any atom is -0.502 e. The van der Waals surface area contributed by atoms with Crippen molar-refractivity contribution in [2.75, 3.05) is 19.8 Å². The van der Waals surface area contributed by atoms with Gasteiger partial charge in [-0.2, -0.15) is 0 Å². The first-order valence-electron chi connectivity index (χ1n) is 12.7. The van der Waals surface area contributed by atoms with Crippen LogP contribution in [0.2, 0.25) is 0 Å². The average molecular weight is 532 g/mol. The van der Waals surface area contributed by atoms with Crippen molar-refractivity contribution in [3.05, 3.63) is 46.5 Å². The molecule has 2 fully saturated rings. The molecule has 41 heavy (non-hydrogen) atoms. The van der Waals surface area contributed by atoms with Crippen molar-refractivity contribution in [3.63, 3.8) is 0 Å². The summed E-state index contributed by atoms with van der Waals surface area (Å²) < 4.78 is 11.1. The van der Waals surface area contributed by atoms with Crippen molar-refractivity contribution in [1.82, 2.24) is 15.1 Å². The third-order valence-corrected chi connectivity index (χ3v) is 7.51. The van der Waals surface area contributed by atoms with Gasteiger partial charge in [-0.1, -0.05) is 34.1 Å². The van der Waals surface area contributed by atoms with Crippen LogP contribution >= 0.6 is 0 Å². The molecule has 1 unspecified atom stereocenters. The predicted molar refractivity (Wildman–Crippen MR) is 155 cm³/mol. The number of carbonyl (C=O) groups excluding carboxylic acids is 4. The van der Waals surface area contributed by atoms with Gasteiger partial charge in [-0.05, 0) is 29.5 Å². The van der Waals surface area contributed by atoms with E-state index in [2.05, 4.69) is 5.32 Å². The van der Waals surface area contributed by atoms with Gasteiger partial charge in [-0.15, -0.1) is 0 Å². The summed E-state index contributed by atoms with van der Waals surface area (Å²) in [6.07, 6.45) is 0.304. The van der Waals surface area contributed by atoms with Crippen LogP contribution in [-0.2, 0) is 36.4 Å². The Hall–Kier alpha value is -3.27. The number of hydrogen-bond acceptors (Lipinski definition) is 6. The highest BCUT2D eigenvalue weighted by Crippen LogP contribution is 2.36. The third kappa shape index (κ3) is 5.04. The number of rotatable bonds is 6. The molecule has 16 heteroatoms. The van der Waals surface area contributed by atoms with Gasteiger partial charge >= 0.3 is 0 Å². The second-order valence-electron chi connectivity index (χ2n) is 10.2. The summed E-state index contributed by atoms with van der Waals surface area (Å²) in [6, 6.07) is 5.20. The van der Waals surface area contributed by atoms with E-state index in [0.29, 0.717) is 5.56 Å². The van der Waals surface area contributed by atoms with E-state index < -0.39 is 40.4 Å². The largest absolute Gasteiger partial charge is 0.502 e. The molecule has 0 saturated carbocycles. The van der Waals surface area contributed by atoms with Crippen LogP contribution < -0.4 is 26.4 Å². The van der Waals surface area contributed by atoms with Gasteiger partial charge in [0.05, 0.1) is 28.8 Å². The van der Waals surface area contributed by atoms with E-state index in [1.165, 1.54) is 15.9 Å². The van der Waals surface area contributed by atoms with Crippen molar-refractivity contribution in [2.24, 2.45) is 0 Å². The minimum atomic E-state index is -2.12. The number of piperidine rings is 1. The topological polar surface area (TPSA) is 105 Å². The molecular formula is C25H18B7N3O6. The summed E-state index contributed by atoms with van der Waals surface area (Å²) in [4.78, 5) is 52.1. The number of fused-ring (bicyclic) bond motifs is 1. The van der Waals surface area contributed by atoms with Crippen LogP contribution in [0.25, 0.3) is 0 Å². The lowest BCUT2D eigenvalue weighted by Crippen LogP contribution is -2.60. The van der Waals surface area contributed by atoms with Crippen LogP contribution in [0.4, 0.5) is 0 Å². The number of amides is 4. The van der Waals surface area contributed by atoms with Crippen molar-refractivity contribution in [1.29, 1.82) is 0 Å². The van der Waals surface area contributed by atoms with E-state index in [4.69, 9.17) is 64.4 Å². The standard InChI is InChI=1S/C25H18B7N3O6/c26-14-8-13(20(27)21(28)19(14)24(29,30)35-6-7-40-10-18(35)37)25(31,32)41-16-3-1-2-11-12(16)9-34(23(11)39)15-4-5-17(36)33-22(15)38/h1-3,8,15H,4-7,9-10H2,(H,33,36,38). The minimum absolute atomic E-state index is 0.00381. The molecule has 0 spiro atoms.